The molecule has 1 aliphatic rings. The minimum Gasteiger partial charge on any atom is -0.444 e. The fourth-order valence-electron chi connectivity index (χ4n) is 5.35. The molecule has 0 radical (unpaired) electrons. The van der Waals surface area contributed by atoms with Crippen LogP contribution in [0, 0.1) is 11.3 Å². The summed E-state index contributed by atoms with van der Waals surface area (Å²) in [6, 6.07) is 5.44. The van der Waals surface area contributed by atoms with Crippen molar-refractivity contribution >= 4 is 35.5 Å². The first-order valence-corrected chi connectivity index (χ1v) is 15.7. The molecule has 0 aromatic heterocycles. The lowest BCUT2D eigenvalue weighted by atomic mass is 9.84. The molecule has 0 aliphatic carbocycles. The Morgan fingerprint density at radius 2 is 1.57 bits per heavy atom. The molecule has 262 valence electrons. The average molecular weight is 666 g/mol. The molecule has 3 N–H and O–H groups in total. The molecule has 14 heteroatoms. The van der Waals surface area contributed by atoms with E-state index in [2.05, 4.69) is 16.0 Å². The van der Waals surface area contributed by atoms with E-state index in [9.17, 15) is 37.5 Å². The molecule has 12 nitrogen and oxygen atoms in total. The van der Waals surface area contributed by atoms with E-state index in [1.807, 2.05) is 0 Å². The first-order chi connectivity index (χ1) is 21.7. The molecular weight excluding hydrogens is 616 g/mol. The summed E-state index contributed by atoms with van der Waals surface area (Å²) in [6.07, 6.45) is -3.92. The molecule has 47 heavy (non-hydrogen) atoms. The van der Waals surface area contributed by atoms with Gasteiger partial charge in [0.05, 0.1) is 6.54 Å². The number of carbonyl (C=O) groups excluding carboxylic acids is 6. The summed E-state index contributed by atoms with van der Waals surface area (Å²) in [4.78, 5) is 81.3. The Labute approximate surface area is 275 Å². The number of amides is 5. The standard InChI is InChI=1S/C33H49F2N5O7/c1-32(2,3)27(38-31(46)47-33(4,5)6)30(45)40-18-12-15-22(40)21(16-17-23(34)35)26(42)28(43)36-19-24(41)37-25(29(44)39(7)8)20-13-10-9-11-14-20/h9-11,13-14,21-23,25,27H,12,15-19H2,1-8H3,(H,36,43)(H,37,41)(H,38,46). The Kier molecular flexibility index (Phi) is 13.8. The molecular formula is C33H49F2N5O7. The Balaban J connectivity index is 2.23. The van der Waals surface area contributed by atoms with Crippen LogP contribution >= 0.6 is 0 Å². The van der Waals surface area contributed by atoms with Crippen LogP contribution in [-0.2, 0) is 28.7 Å². The van der Waals surface area contributed by atoms with Crippen molar-refractivity contribution in [3.8, 4) is 0 Å². The third-order valence-corrected chi connectivity index (χ3v) is 7.61. The summed E-state index contributed by atoms with van der Waals surface area (Å²) in [5.41, 5.74) is -1.11. The second-order valence-electron chi connectivity index (χ2n) is 14.0. The number of ether oxygens (including phenoxy) is 1. The van der Waals surface area contributed by atoms with Crippen molar-refractivity contribution in [2.45, 2.75) is 97.4 Å². The van der Waals surface area contributed by atoms with E-state index in [4.69, 9.17) is 4.74 Å². The number of nitrogens with zero attached hydrogens (tertiary/aromatic N) is 2. The average Bonchev–Trinajstić information content (AvgIpc) is 3.45. The number of benzene rings is 1. The second-order valence-corrected chi connectivity index (χ2v) is 14.0. The minimum absolute atomic E-state index is 0.190. The van der Waals surface area contributed by atoms with Gasteiger partial charge in [-0.1, -0.05) is 51.1 Å². The molecule has 1 heterocycles. The van der Waals surface area contributed by atoms with E-state index in [0.717, 1.165) is 0 Å². The fraction of sp³-hybridized carbons (Fsp3) is 0.636. The normalized spacial score (nSPS) is 16.9. The van der Waals surface area contributed by atoms with Gasteiger partial charge in [0.15, 0.2) is 0 Å². The summed E-state index contributed by atoms with van der Waals surface area (Å²) in [7, 11) is 3.05. The van der Waals surface area contributed by atoms with Gasteiger partial charge in [0.25, 0.3) is 5.91 Å². The monoisotopic (exact) mass is 665 g/mol. The zero-order valence-corrected chi connectivity index (χ0v) is 28.5. The molecule has 5 amide bonds. The maximum atomic E-state index is 13.9. The molecule has 1 aromatic rings. The minimum atomic E-state index is -2.76. The Morgan fingerprint density at radius 1 is 0.957 bits per heavy atom. The van der Waals surface area contributed by atoms with Crippen molar-refractivity contribution in [2.24, 2.45) is 11.3 Å². The van der Waals surface area contributed by atoms with Gasteiger partial charge in [0.2, 0.25) is 29.9 Å². The topological polar surface area (TPSA) is 154 Å². The Hall–Kier alpha value is -4.10. The molecule has 0 bridgehead atoms. The van der Waals surface area contributed by atoms with Gasteiger partial charge in [-0.25, -0.2) is 13.6 Å². The highest BCUT2D eigenvalue weighted by atomic mass is 19.3. The van der Waals surface area contributed by atoms with Crippen molar-refractivity contribution in [1.29, 1.82) is 0 Å². The van der Waals surface area contributed by atoms with Crippen LogP contribution in [0.4, 0.5) is 13.6 Å². The van der Waals surface area contributed by atoms with Crippen molar-refractivity contribution in [3.63, 3.8) is 0 Å². The van der Waals surface area contributed by atoms with Crippen molar-refractivity contribution in [3.05, 3.63) is 35.9 Å². The van der Waals surface area contributed by atoms with E-state index in [0.29, 0.717) is 12.0 Å². The van der Waals surface area contributed by atoms with Crippen molar-refractivity contribution in [2.75, 3.05) is 27.2 Å². The zero-order chi connectivity index (χ0) is 35.7. The SMILES string of the molecule is CN(C)C(=O)C(NC(=O)CNC(=O)C(=O)C(CCC(F)F)C1CCCN1C(=O)C(NC(=O)OC(C)(C)C)C(C)(C)C)c1ccccc1. The molecule has 4 atom stereocenters. The van der Waals surface area contributed by atoms with E-state index in [1.54, 1.807) is 71.9 Å². The molecule has 1 saturated heterocycles. The number of carbonyl (C=O) groups is 6. The maximum Gasteiger partial charge on any atom is 0.408 e. The lowest BCUT2D eigenvalue weighted by Crippen LogP contribution is -2.58. The number of alkyl carbamates (subject to hydrolysis) is 1. The second kappa shape index (κ2) is 16.6. The smallest absolute Gasteiger partial charge is 0.408 e. The molecule has 1 fully saturated rings. The van der Waals surface area contributed by atoms with Crippen molar-refractivity contribution in [1.82, 2.24) is 25.8 Å². The lowest BCUT2D eigenvalue weighted by molar-refractivity contribution is -0.145. The highest BCUT2D eigenvalue weighted by Gasteiger charge is 2.45. The predicted molar refractivity (Wildman–Crippen MR) is 170 cm³/mol. The molecule has 0 spiro atoms. The number of hydrogen-bond acceptors (Lipinski definition) is 7. The van der Waals surface area contributed by atoms with Crippen molar-refractivity contribution < 1.29 is 42.3 Å². The van der Waals surface area contributed by atoms with Crippen LogP contribution in [0.2, 0.25) is 0 Å². The number of ketones is 1. The summed E-state index contributed by atoms with van der Waals surface area (Å²) in [6.45, 7) is 9.78. The number of rotatable bonds is 13. The van der Waals surface area contributed by atoms with Gasteiger partial charge in [-0.05, 0) is 51.0 Å². The summed E-state index contributed by atoms with van der Waals surface area (Å²) < 4.78 is 32.1. The molecule has 2 rings (SSSR count). The summed E-state index contributed by atoms with van der Waals surface area (Å²) in [5, 5.41) is 7.42. The van der Waals surface area contributed by atoms with Crippen LogP contribution in [0.15, 0.2) is 30.3 Å². The van der Waals surface area contributed by atoms with Gasteiger partial charge >= 0.3 is 6.09 Å². The van der Waals surface area contributed by atoms with E-state index in [1.165, 1.54) is 23.9 Å². The van der Waals surface area contributed by atoms with Crippen LogP contribution < -0.4 is 16.0 Å². The van der Waals surface area contributed by atoms with Gasteiger partial charge in [-0.3, -0.25) is 24.0 Å². The van der Waals surface area contributed by atoms with E-state index in [-0.39, 0.29) is 19.4 Å². The predicted octanol–water partition coefficient (Wildman–Crippen LogP) is 3.21. The number of hydrogen-bond donors (Lipinski definition) is 3. The first kappa shape index (κ1) is 39.1. The summed E-state index contributed by atoms with van der Waals surface area (Å²) in [5.74, 6) is -5.20. The number of likely N-dealkylation sites (tertiary alicyclic amines) is 1. The largest absolute Gasteiger partial charge is 0.444 e. The summed E-state index contributed by atoms with van der Waals surface area (Å²) >= 11 is 0. The molecule has 4 unspecified atom stereocenters. The van der Waals surface area contributed by atoms with Crippen LogP contribution in [-0.4, -0.2) is 96.6 Å². The van der Waals surface area contributed by atoms with Crippen LogP contribution in [0.3, 0.4) is 0 Å². The number of Topliss-reactive ketones (excluding diaryl/α,β-unsaturated/α-hetero) is 1. The van der Waals surface area contributed by atoms with E-state index >= 15 is 0 Å². The van der Waals surface area contributed by atoms with E-state index < -0.39 is 90.0 Å². The Morgan fingerprint density at radius 3 is 2.11 bits per heavy atom. The van der Waals surface area contributed by atoms with Gasteiger partial charge in [0.1, 0.15) is 17.7 Å². The third kappa shape index (κ3) is 11.9. The van der Waals surface area contributed by atoms with Gasteiger partial charge < -0.3 is 30.5 Å². The fourth-order valence-corrected chi connectivity index (χ4v) is 5.35. The van der Waals surface area contributed by atoms with Gasteiger partial charge in [-0.15, -0.1) is 0 Å². The van der Waals surface area contributed by atoms with Crippen LogP contribution in [0.5, 0.6) is 0 Å². The van der Waals surface area contributed by atoms with Crippen LogP contribution in [0.1, 0.15) is 78.8 Å². The number of alkyl halides is 2. The number of nitrogens with one attached hydrogen (secondary N) is 3. The maximum absolute atomic E-state index is 13.9. The lowest BCUT2D eigenvalue weighted by Gasteiger charge is -2.38. The number of halogens is 2. The third-order valence-electron chi connectivity index (χ3n) is 7.61. The number of likely N-dealkylation sites (N-methyl/N-ethyl adjacent to an activating group) is 1. The Bertz CT molecular complexity index is 1280. The zero-order valence-electron chi connectivity index (χ0n) is 28.5. The quantitative estimate of drug-likeness (QED) is 0.274. The highest BCUT2D eigenvalue weighted by molar-refractivity contribution is 6.37. The van der Waals surface area contributed by atoms with Gasteiger partial charge in [0, 0.05) is 39.0 Å². The van der Waals surface area contributed by atoms with Crippen LogP contribution in [0.25, 0.3) is 0 Å². The molecule has 1 aliphatic heterocycles. The van der Waals surface area contributed by atoms with Gasteiger partial charge in [-0.2, -0.15) is 0 Å². The molecule has 0 saturated carbocycles. The molecule has 1 aromatic carbocycles. The first-order valence-electron chi connectivity index (χ1n) is 15.7. The highest BCUT2D eigenvalue weighted by Crippen LogP contribution is 2.32.